The summed E-state index contributed by atoms with van der Waals surface area (Å²) in [6.45, 7) is 1.60. The van der Waals surface area contributed by atoms with Crippen LogP contribution < -0.4 is 5.32 Å². The van der Waals surface area contributed by atoms with Gasteiger partial charge in [-0.05, 0) is 51.2 Å². The van der Waals surface area contributed by atoms with E-state index in [1.807, 2.05) is 35.0 Å². The number of nitrogens with one attached hydrogen (secondary N) is 1. The van der Waals surface area contributed by atoms with Crippen molar-refractivity contribution in [3.63, 3.8) is 0 Å². The Balaban J connectivity index is 1.55. The van der Waals surface area contributed by atoms with Gasteiger partial charge in [-0.15, -0.1) is 0 Å². The van der Waals surface area contributed by atoms with Crippen molar-refractivity contribution in [2.75, 3.05) is 0 Å². The molecule has 1 aromatic heterocycles. The van der Waals surface area contributed by atoms with Gasteiger partial charge in [-0.2, -0.15) is 5.10 Å². The summed E-state index contributed by atoms with van der Waals surface area (Å²) < 4.78 is 7.20. The molecule has 1 aromatic carbocycles. The highest BCUT2D eigenvalue weighted by Gasteiger charge is 2.31. The largest absolute Gasteiger partial charge is 0.448 e. The highest BCUT2D eigenvalue weighted by molar-refractivity contribution is 5.92. The van der Waals surface area contributed by atoms with Gasteiger partial charge in [0.2, 0.25) is 0 Å². The minimum atomic E-state index is -0.813. The Hall–Kier alpha value is -2.63. The topological polar surface area (TPSA) is 73.2 Å². The summed E-state index contributed by atoms with van der Waals surface area (Å²) in [7, 11) is 0. The summed E-state index contributed by atoms with van der Waals surface area (Å²) in [5.74, 6) is -0.763. The average molecular weight is 339 g/mol. The molecule has 6 nitrogen and oxygen atoms in total. The SMILES string of the molecule is CC(OC(=O)c1nn(-c2ccccc2)c2c1CCC2)C(=O)NC1CC1. The first-order valence-electron chi connectivity index (χ1n) is 8.81. The van der Waals surface area contributed by atoms with Crippen molar-refractivity contribution in [1.29, 1.82) is 0 Å². The molecule has 1 N–H and O–H groups in total. The van der Waals surface area contributed by atoms with Crippen LogP contribution in [-0.2, 0) is 22.4 Å². The van der Waals surface area contributed by atoms with Gasteiger partial charge < -0.3 is 10.1 Å². The number of carbonyl (C=O) groups excluding carboxylic acids is 2. The number of fused-ring (bicyclic) bond motifs is 1. The van der Waals surface area contributed by atoms with Gasteiger partial charge in [0.05, 0.1) is 5.69 Å². The molecule has 2 aliphatic carbocycles. The fraction of sp³-hybridized carbons (Fsp3) is 0.421. The van der Waals surface area contributed by atoms with Crippen LogP contribution in [0.4, 0.5) is 0 Å². The van der Waals surface area contributed by atoms with Crippen LogP contribution in [0, 0.1) is 0 Å². The molecule has 1 heterocycles. The number of benzene rings is 1. The zero-order valence-electron chi connectivity index (χ0n) is 14.2. The zero-order chi connectivity index (χ0) is 17.4. The number of esters is 1. The van der Waals surface area contributed by atoms with E-state index in [1.54, 1.807) is 6.92 Å². The van der Waals surface area contributed by atoms with E-state index in [0.717, 1.165) is 49.0 Å². The van der Waals surface area contributed by atoms with Crippen LogP contribution >= 0.6 is 0 Å². The van der Waals surface area contributed by atoms with E-state index in [4.69, 9.17) is 4.74 Å². The van der Waals surface area contributed by atoms with E-state index in [2.05, 4.69) is 10.4 Å². The van der Waals surface area contributed by atoms with Crippen molar-refractivity contribution in [2.45, 2.75) is 51.2 Å². The predicted molar refractivity (Wildman–Crippen MR) is 91.6 cm³/mol. The summed E-state index contributed by atoms with van der Waals surface area (Å²) >= 11 is 0. The van der Waals surface area contributed by atoms with Gasteiger partial charge >= 0.3 is 5.97 Å². The van der Waals surface area contributed by atoms with Crippen molar-refractivity contribution in [2.24, 2.45) is 0 Å². The van der Waals surface area contributed by atoms with E-state index in [9.17, 15) is 9.59 Å². The molecule has 130 valence electrons. The third kappa shape index (κ3) is 3.16. The first kappa shape index (κ1) is 15.9. The van der Waals surface area contributed by atoms with Crippen LogP contribution in [0.3, 0.4) is 0 Å². The van der Waals surface area contributed by atoms with Gasteiger partial charge in [-0.25, -0.2) is 9.48 Å². The number of carbonyl (C=O) groups is 2. The van der Waals surface area contributed by atoms with Crippen LogP contribution in [0.25, 0.3) is 5.69 Å². The number of hydrogen-bond acceptors (Lipinski definition) is 4. The molecular weight excluding hydrogens is 318 g/mol. The normalized spacial score (nSPS) is 17.0. The average Bonchev–Trinajstić information content (AvgIpc) is 3.17. The summed E-state index contributed by atoms with van der Waals surface area (Å²) in [4.78, 5) is 24.6. The van der Waals surface area contributed by atoms with Gasteiger partial charge in [-0.1, -0.05) is 18.2 Å². The number of rotatable bonds is 5. The maximum Gasteiger partial charge on any atom is 0.359 e. The minimum absolute atomic E-state index is 0.241. The van der Waals surface area contributed by atoms with Crippen molar-refractivity contribution < 1.29 is 14.3 Å². The third-order valence-electron chi connectivity index (χ3n) is 4.70. The molecule has 0 aliphatic heterocycles. The molecule has 2 aliphatic rings. The van der Waals surface area contributed by atoms with E-state index in [-0.39, 0.29) is 11.9 Å². The van der Waals surface area contributed by atoms with Crippen LogP contribution in [0.5, 0.6) is 0 Å². The van der Waals surface area contributed by atoms with Crippen LogP contribution in [0.2, 0.25) is 0 Å². The Morgan fingerprint density at radius 2 is 2.00 bits per heavy atom. The molecule has 1 amide bonds. The van der Waals surface area contributed by atoms with E-state index in [0.29, 0.717) is 5.69 Å². The molecule has 1 atom stereocenters. The lowest BCUT2D eigenvalue weighted by Gasteiger charge is -2.12. The van der Waals surface area contributed by atoms with Gasteiger partial charge in [0, 0.05) is 17.3 Å². The smallest absolute Gasteiger partial charge is 0.359 e. The monoisotopic (exact) mass is 339 g/mol. The second-order valence-corrected chi connectivity index (χ2v) is 6.71. The molecule has 1 saturated carbocycles. The van der Waals surface area contributed by atoms with Gasteiger partial charge in [0.25, 0.3) is 5.91 Å². The summed E-state index contributed by atoms with van der Waals surface area (Å²) in [6.07, 6.45) is 3.89. The molecule has 1 fully saturated rings. The number of ether oxygens (including phenoxy) is 1. The van der Waals surface area contributed by atoms with Crippen LogP contribution in [0.15, 0.2) is 30.3 Å². The molecule has 0 saturated heterocycles. The van der Waals surface area contributed by atoms with Gasteiger partial charge in [0.15, 0.2) is 11.8 Å². The van der Waals surface area contributed by atoms with Gasteiger partial charge in [0.1, 0.15) is 0 Å². The molecule has 0 radical (unpaired) electrons. The van der Waals surface area contributed by atoms with E-state index in [1.165, 1.54) is 0 Å². The first-order valence-corrected chi connectivity index (χ1v) is 8.81. The fourth-order valence-electron chi connectivity index (χ4n) is 3.20. The maximum atomic E-state index is 12.6. The first-order chi connectivity index (χ1) is 12.1. The Kier molecular flexibility index (Phi) is 4.03. The zero-order valence-corrected chi connectivity index (χ0v) is 14.2. The standard InChI is InChI=1S/C19H21N3O3/c1-12(18(23)20-13-10-11-13)25-19(24)17-15-8-5-9-16(15)22(21-17)14-6-3-2-4-7-14/h2-4,6-7,12-13H,5,8-11H2,1H3,(H,20,23). The number of para-hydroxylation sites is 1. The van der Waals surface area contributed by atoms with E-state index >= 15 is 0 Å². The highest BCUT2D eigenvalue weighted by atomic mass is 16.5. The third-order valence-corrected chi connectivity index (χ3v) is 4.70. The fourth-order valence-corrected chi connectivity index (χ4v) is 3.20. The highest BCUT2D eigenvalue weighted by Crippen LogP contribution is 2.28. The molecule has 2 aromatic rings. The lowest BCUT2D eigenvalue weighted by atomic mass is 10.2. The number of hydrogen-bond donors (Lipinski definition) is 1. The lowest BCUT2D eigenvalue weighted by molar-refractivity contribution is -0.129. The Morgan fingerprint density at radius 3 is 2.72 bits per heavy atom. The molecule has 25 heavy (non-hydrogen) atoms. The molecule has 0 spiro atoms. The van der Waals surface area contributed by atoms with Crippen molar-refractivity contribution in [1.82, 2.24) is 15.1 Å². The number of nitrogens with zero attached hydrogens (tertiary/aromatic N) is 2. The second kappa shape index (κ2) is 6.35. The summed E-state index contributed by atoms with van der Waals surface area (Å²) in [6, 6.07) is 10.0. The molecule has 0 bridgehead atoms. The second-order valence-electron chi connectivity index (χ2n) is 6.71. The minimum Gasteiger partial charge on any atom is -0.448 e. The molecule has 4 rings (SSSR count). The Bertz CT molecular complexity index is 809. The molecule has 6 heteroatoms. The molecule has 1 unspecified atom stereocenters. The molecular formula is C19H21N3O3. The van der Waals surface area contributed by atoms with Crippen molar-refractivity contribution >= 4 is 11.9 Å². The Labute approximate surface area is 146 Å². The van der Waals surface area contributed by atoms with Crippen LogP contribution in [0.1, 0.15) is 47.9 Å². The lowest BCUT2D eigenvalue weighted by Crippen LogP contribution is -2.37. The summed E-state index contributed by atoms with van der Waals surface area (Å²) in [5.41, 5.74) is 3.28. The van der Waals surface area contributed by atoms with Crippen LogP contribution in [-0.4, -0.2) is 33.8 Å². The van der Waals surface area contributed by atoms with Crippen molar-refractivity contribution in [3.8, 4) is 5.69 Å². The Morgan fingerprint density at radius 1 is 1.24 bits per heavy atom. The quantitative estimate of drug-likeness (QED) is 0.848. The number of aromatic nitrogens is 2. The van der Waals surface area contributed by atoms with Crippen molar-refractivity contribution in [3.05, 3.63) is 47.3 Å². The van der Waals surface area contributed by atoms with Gasteiger partial charge in [-0.3, -0.25) is 4.79 Å². The maximum absolute atomic E-state index is 12.6. The number of amides is 1. The van der Waals surface area contributed by atoms with E-state index < -0.39 is 12.1 Å². The summed E-state index contributed by atoms with van der Waals surface area (Å²) in [5, 5.41) is 7.35. The predicted octanol–water partition coefficient (Wildman–Crippen LogP) is 2.18.